The smallest absolute Gasteiger partial charge is 0.266 e. The van der Waals surface area contributed by atoms with Crippen LogP contribution in [0.15, 0.2) is 65.5 Å². The van der Waals surface area contributed by atoms with Crippen molar-refractivity contribution in [2.75, 3.05) is 21.3 Å². The predicted octanol–water partition coefficient (Wildman–Crippen LogP) is 4.72. The van der Waals surface area contributed by atoms with Crippen molar-refractivity contribution in [3.63, 3.8) is 0 Å². The van der Waals surface area contributed by atoms with Crippen LogP contribution in [-0.4, -0.2) is 30.9 Å². The maximum absolute atomic E-state index is 13.5. The molecule has 0 amide bonds. The fourth-order valence-electron chi connectivity index (χ4n) is 3.37. The van der Waals surface area contributed by atoms with Gasteiger partial charge in [0.15, 0.2) is 11.5 Å². The Labute approximate surface area is 184 Å². The minimum absolute atomic E-state index is 0.264. The number of benzene rings is 3. The highest BCUT2D eigenvalue weighted by atomic mass is 19.1. The lowest BCUT2D eigenvalue weighted by atomic mass is 10.2. The number of halogens is 1. The van der Waals surface area contributed by atoms with E-state index in [1.54, 1.807) is 67.8 Å². The first-order valence-electron chi connectivity index (χ1n) is 9.81. The molecule has 0 aliphatic rings. The summed E-state index contributed by atoms with van der Waals surface area (Å²) in [5, 5.41) is 0.386. The Balaban J connectivity index is 1.95. The molecule has 1 aromatic heterocycles. The normalized spacial score (nSPS) is 11.1. The molecule has 0 radical (unpaired) electrons. The van der Waals surface area contributed by atoms with E-state index in [9.17, 15) is 9.18 Å². The van der Waals surface area contributed by atoms with E-state index in [2.05, 4.69) is 0 Å². The summed E-state index contributed by atoms with van der Waals surface area (Å²) in [6, 6.07) is 16.4. The average Bonchev–Trinajstić information content (AvgIpc) is 2.83. The van der Waals surface area contributed by atoms with Crippen LogP contribution in [0.1, 0.15) is 11.4 Å². The number of ether oxygens (including phenoxy) is 3. The molecule has 0 bridgehead atoms. The molecular weight excluding hydrogens is 411 g/mol. The predicted molar refractivity (Wildman–Crippen MR) is 122 cm³/mol. The van der Waals surface area contributed by atoms with Gasteiger partial charge in [-0.25, -0.2) is 9.37 Å². The van der Waals surface area contributed by atoms with Crippen LogP contribution in [0.25, 0.3) is 28.7 Å². The van der Waals surface area contributed by atoms with Crippen LogP contribution in [0.4, 0.5) is 4.39 Å². The van der Waals surface area contributed by atoms with Crippen molar-refractivity contribution in [1.82, 2.24) is 9.55 Å². The summed E-state index contributed by atoms with van der Waals surface area (Å²) in [6.45, 7) is 0. The number of hydrogen-bond donors (Lipinski definition) is 0. The van der Waals surface area contributed by atoms with E-state index in [4.69, 9.17) is 19.2 Å². The topological polar surface area (TPSA) is 62.6 Å². The number of rotatable bonds is 6. The van der Waals surface area contributed by atoms with Gasteiger partial charge in [-0.15, -0.1) is 0 Å². The van der Waals surface area contributed by atoms with Gasteiger partial charge >= 0.3 is 0 Å². The molecule has 0 spiro atoms. The molecule has 0 atom stereocenters. The van der Waals surface area contributed by atoms with Crippen molar-refractivity contribution in [3.05, 3.63) is 88.2 Å². The number of methoxy groups -OCH3 is 3. The van der Waals surface area contributed by atoms with Gasteiger partial charge in [-0.3, -0.25) is 9.36 Å². The molecule has 0 saturated heterocycles. The van der Waals surface area contributed by atoms with Crippen molar-refractivity contribution in [2.24, 2.45) is 0 Å². The Kier molecular flexibility index (Phi) is 5.89. The molecule has 7 heteroatoms. The van der Waals surface area contributed by atoms with Crippen molar-refractivity contribution >= 4 is 23.1 Å². The zero-order chi connectivity index (χ0) is 22.7. The Hall–Kier alpha value is -4.13. The van der Waals surface area contributed by atoms with Crippen molar-refractivity contribution in [3.8, 4) is 22.9 Å². The Morgan fingerprint density at radius 3 is 2.12 bits per heavy atom. The molecule has 6 nitrogen and oxygen atoms in total. The monoisotopic (exact) mass is 432 g/mol. The van der Waals surface area contributed by atoms with Crippen LogP contribution >= 0.6 is 0 Å². The minimum atomic E-state index is -0.317. The van der Waals surface area contributed by atoms with E-state index in [0.717, 1.165) is 5.56 Å². The van der Waals surface area contributed by atoms with E-state index in [1.807, 2.05) is 0 Å². The summed E-state index contributed by atoms with van der Waals surface area (Å²) in [4.78, 5) is 18.2. The lowest BCUT2D eigenvalue weighted by Crippen LogP contribution is -2.22. The molecule has 4 rings (SSSR count). The first-order valence-corrected chi connectivity index (χ1v) is 9.81. The largest absolute Gasteiger partial charge is 0.497 e. The van der Waals surface area contributed by atoms with Gasteiger partial charge in [0.25, 0.3) is 5.56 Å². The highest BCUT2D eigenvalue weighted by Gasteiger charge is 2.15. The minimum Gasteiger partial charge on any atom is -0.497 e. The summed E-state index contributed by atoms with van der Waals surface area (Å²) in [7, 11) is 4.62. The SMILES string of the molecule is COc1ccc(-n2c(/C=C\c3ccc(F)cc3)nc3cc(OC)c(OC)cc3c2=O)cc1. The molecule has 3 aromatic carbocycles. The molecule has 0 fully saturated rings. The summed E-state index contributed by atoms with van der Waals surface area (Å²) >= 11 is 0. The number of nitrogens with zero attached hydrogens (tertiary/aromatic N) is 2. The van der Waals surface area contributed by atoms with Gasteiger partial charge in [-0.05, 0) is 54.1 Å². The summed E-state index contributed by atoms with van der Waals surface area (Å²) in [6.07, 6.45) is 3.49. The third-order valence-electron chi connectivity index (χ3n) is 5.02. The summed E-state index contributed by atoms with van der Waals surface area (Å²) < 4.78 is 30.7. The van der Waals surface area contributed by atoms with Gasteiger partial charge in [0.1, 0.15) is 17.4 Å². The summed E-state index contributed by atoms with van der Waals surface area (Å²) in [5.41, 5.74) is 1.60. The lowest BCUT2D eigenvalue weighted by Gasteiger charge is -2.14. The van der Waals surface area contributed by atoms with Crippen LogP contribution in [0.2, 0.25) is 0 Å². The van der Waals surface area contributed by atoms with E-state index < -0.39 is 0 Å². The standard InChI is InChI=1S/C25H21FN2O4/c1-30-19-11-9-18(10-12-19)28-24(13-6-16-4-7-17(26)8-5-16)27-21-15-23(32-3)22(31-2)14-20(21)25(28)29/h4-15H,1-3H3/b13-6-. The molecule has 1 heterocycles. The first kappa shape index (κ1) is 21.1. The second-order valence-electron chi connectivity index (χ2n) is 6.92. The molecule has 162 valence electrons. The number of aromatic nitrogens is 2. The van der Waals surface area contributed by atoms with Gasteiger partial charge < -0.3 is 14.2 Å². The third-order valence-corrected chi connectivity index (χ3v) is 5.02. The fraction of sp³-hybridized carbons (Fsp3) is 0.120. The van der Waals surface area contributed by atoms with Crippen molar-refractivity contribution in [1.29, 1.82) is 0 Å². The van der Waals surface area contributed by atoms with E-state index in [1.165, 1.54) is 30.9 Å². The molecule has 32 heavy (non-hydrogen) atoms. The van der Waals surface area contributed by atoms with E-state index >= 15 is 0 Å². The molecule has 0 aliphatic heterocycles. The second kappa shape index (κ2) is 8.93. The van der Waals surface area contributed by atoms with Crippen LogP contribution in [0, 0.1) is 5.82 Å². The maximum atomic E-state index is 13.5. The fourth-order valence-corrected chi connectivity index (χ4v) is 3.37. The Morgan fingerprint density at radius 1 is 0.844 bits per heavy atom. The second-order valence-corrected chi connectivity index (χ2v) is 6.92. The molecule has 0 N–H and O–H groups in total. The zero-order valence-corrected chi connectivity index (χ0v) is 17.8. The van der Waals surface area contributed by atoms with Gasteiger partial charge in [0.2, 0.25) is 0 Å². The highest BCUT2D eigenvalue weighted by molar-refractivity contribution is 5.83. The third kappa shape index (κ3) is 4.05. The van der Waals surface area contributed by atoms with Gasteiger partial charge in [-0.2, -0.15) is 0 Å². The molecule has 4 aromatic rings. The molecular formula is C25H21FN2O4. The van der Waals surface area contributed by atoms with E-state index in [-0.39, 0.29) is 11.4 Å². The molecule has 0 unspecified atom stereocenters. The van der Waals surface area contributed by atoms with Gasteiger partial charge in [0, 0.05) is 6.07 Å². The van der Waals surface area contributed by atoms with Gasteiger partial charge in [0.05, 0.1) is 37.9 Å². The van der Waals surface area contributed by atoms with Crippen LogP contribution in [0.3, 0.4) is 0 Å². The first-order chi connectivity index (χ1) is 15.5. The summed E-state index contributed by atoms with van der Waals surface area (Å²) in [5.74, 6) is 1.68. The van der Waals surface area contributed by atoms with Crippen molar-refractivity contribution < 1.29 is 18.6 Å². The molecule has 0 saturated carbocycles. The maximum Gasteiger partial charge on any atom is 0.266 e. The van der Waals surface area contributed by atoms with Crippen LogP contribution < -0.4 is 19.8 Å². The number of fused-ring (bicyclic) bond motifs is 1. The molecule has 0 aliphatic carbocycles. The van der Waals surface area contributed by atoms with Gasteiger partial charge in [-0.1, -0.05) is 18.2 Å². The van der Waals surface area contributed by atoms with Crippen molar-refractivity contribution in [2.45, 2.75) is 0 Å². The number of hydrogen-bond acceptors (Lipinski definition) is 5. The van der Waals surface area contributed by atoms with E-state index in [0.29, 0.717) is 39.7 Å². The quantitative estimate of drug-likeness (QED) is 0.441. The zero-order valence-electron chi connectivity index (χ0n) is 17.8. The Morgan fingerprint density at radius 2 is 1.50 bits per heavy atom. The Bertz CT molecular complexity index is 1340. The average molecular weight is 432 g/mol. The lowest BCUT2D eigenvalue weighted by molar-refractivity contribution is 0.355. The highest BCUT2D eigenvalue weighted by Crippen LogP contribution is 2.30. The van der Waals surface area contributed by atoms with Crippen LogP contribution in [-0.2, 0) is 0 Å². The van der Waals surface area contributed by atoms with Crippen LogP contribution in [0.5, 0.6) is 17.2 Å².